The molecule has 24 heavy (non-hydrogen) atoms. The summed E-state index contributed by atoms with van der Waals surface area (Å²) < 4.78 is 59.0. The van der Waals surface area contributed by atoms with Crippen LogP contribution in [0.4, 0.5) is 5.69 Å². The summed E-state index contributed by atoms with van der Waals surface area (Å²) in [6.45, 7) is 0. The molecule has 0 aliphatic rings. The van der Waals surface area contributed by atoms with E-state index in [0.717, 1.165) is 18.2 Å². The van der Waals surface area contributed by atoms with Crippen LogP contribution in [0, 0.1) is 10.1 Å². The highest BCUT2D eigenvalue weighted by Gasteiger charge is 2.13. The monoisotopic (exact) mass is 395 g/mol. The molecule has 0 saturated carbocycles. The largest absolute Gasteiger partial charge is 0.294 e. The lowest BCUT2D eigenvalue weighted by molar-refractivity contribution is -0.385. The highest BCUT2D eigenvalue weighted by Crippen LogP contribution is 2.16. The third kappa shape index (κ3) is 6.22. The van der Waals surface area contributed by atoms with E-state index in [1.807, 2.05) is 0 Å². The second-order valence-corrected chi connectivity index (χ2v) is 7.44. The molecular weight excluding hydrogens is 386 g/mol. The Balaban J connectivity index is 0.000000243. The van der Waals surface area contributed by atoms with Gasteiger partial charge < -0.3 is 0 Å². The maximum absolute atomic E-state index is 10.5. The number of benzene rings is 2. The first kappa shape index (κ1) is 20.0. The van der Waals surface area contributed by atoms with Gasteiger partial charge in [-0.05, 0) is 30.3 Å². The minimum atomic E-state index is -4.36. The van der Waals surface area contributed by atoms with Gasteiger partial charge in [-0.15, -0.1) is 0 Å². The molecule has 0 bridgehead atoms. The molecule has 130 valence electrons. The zero-order valence-electron chi connectivity index (χ0n) is 11.6. The number of rotatable bonds is 3. The van der Waals surface area contributed by atoms with Crippen LogP contribution in [0.25, 0.3) is 0 Å². The second-order valence-electron chi connectivity index (χ2n) is 4.16. The first-order chi connectivity index (χ1) is 10.9. The summed E-state index contributed by atoms with van der Waals surface area (Å²) in [5.74, 6) is 0. The molecule has 0 amide bonds. The van der Waals surface area contributed by atoms with Crippen LogP contribution < -0.4 is 0 Å². The van der Waals surface area contributed by atoms with Crippen molar-refractivity contribution in [3.8, 4) is 0 Å². The summed E-state index contributed by atoms with van der Waals surface area (Å²) in [6, 6.07) is 9.43. The summed E-state index contributed by atoms with van der Waals surface area (Å²) in [6.07, 6.45) is 0. The molecule has 0 aliphatic heterocycles. The van der Waals surface area contributed by atoms with Crippen LogP contribution in [0.15, 0.2) is 58.3 Å². The molecule has 2 N–H and O–H groups in total. The Hall–Kier alpha value is -2.05. The lowest BCUT2D eigenvalue weighted by Crippen LogP contribution is -1.98. The van der Waals surface area contributed by atoms with E-state index in [4.69, 9.17) is 20.7 Å². The molecule has 0 fully saturated rings. The quantitative estimate of drug-likeness (QED) is 0.456. The van der Waals surface area contributed by atoms with Crippen LogP contribution in [0.5, 0.6) is 0 Å². The van der Waals surface area contributed by atoms with Gasteiger partial charge in [-0.2, -0.15) is 16.8 Å². The molecule has 9 nitrogen and oxygen atoms in total. The van der Waals surface area contributed by atoms with Crippen LogP contribution in [-0.4, -0.2) is 30.9 Å². The van der Waals surface area contributed by atoms with E-state index in [1.165, 1.54) is 30.3 Å². The van der Waals surface area contributed by atoms with Crippen LogP contribution >= 0.6 is 11.6 Å². The van der Waals surface area contributed by atoms with Gasteiger partial charge in [0.15, 0.2) is 0 Å². The molecule has 0 aliphatic carbocycles. The Labute approximate surface area is 142 Å². The molecule has 2 rings (SSSR count). The lowest BCUT2D eigenvalue weighted by Gasteiger charge is -1.95. The average Bonchev–Trinajstić information content (AvgIpc) is 2.46. The van der Waals surface area contributed by atoms with Gasteiger partial charge in [-0.25, -0.2) is 0 Å². The van der Waals surface area contributed by atoms with Crippen molar-refractivity contribution < 1.29 is 30.9 Å². The fourth-order valence-electron chi connectivity index (χ4n) is 1.36. The minimum absolute atomic E-state index is 0.151. The molecule has 12 heteroatoms. The zero-order valence-corrected chi connectivity index (χ0v) is 14.0. The first-order valence-electron chi connectivity index (χ1n) is 5.86. The van der Waals surface area contributed by atoms with E-state index >= 15 is 0 Å². The molecular formula is C12H10ClNO8S2. The SMILES string of the molecule is O=S(=O)(O)c1ccc(Cl)cc1.O=[N+]([O-])c1cccc(S(=O)(=O)O)c1. The molecule has 0 atom stereocenters. The first-order valence-corrected chi connectivity index (χ1v) is 9.12. The number of nitro groups is 1. The van der Waals surface area contributed by atoms with Crippen LogP contribution in [0.1, 0.15) is 0 Å². The topological polar surface area (TPSA) is 152 Å². The predicted octanol–water partition coefficient (Wildman–Crippen LogP) is 2.43. The highest BCUT2D eigenvalue weighted by molar-refractivity contribution is 7.86. The maximum atomic E-state index is 10.5. The summed E-state index contributed by atoms with van der Waals surface area (Å²) in [5, 5.41) is 10.6. The van der Waals surface area contributed by atoms with Crippen molar-refractivity contribution >= 4 is 37.5 Å². The van der Waals surface area contributed by atoms with Crippen molar-refractivity contribution in [1.29, 1.82) is 0 Å². The fourth-order valence-corrected chi connectivity index (χ4v) is 2.49. The molecule has 2 aromatic carbocycles. The summed E-state index contributed by atoms with van der Waals surface area (Å²) in [7, 11) is -8.44. The van der Waals surface area contributed by atoms with Gasteiger partial charge in [0.2, 0.25) is 0 Å². The third-order valence-electron chi connectivity index (χ3n) is 2.44. The Bertz CT molecular complexity index is 939. The highest BCUT2D eigenvalue weighted by atomic mass is 35.5. The second kappa shape index (κ2) is 7.68. The van der Waals surface area contributed by atoms with Crippen LogP contribution in [0.2, 0.25) is 5.02 Å². The van der Waals surface area contributed by atoms with E-state index in [2.05, 4.69) is 0 Å². The Kier molecular flexibility index (Phi) is 6.40. The van der Waals surface area contributed by atoms with Gasteiger partial charge in [0, 0.05) is 17.2 Å². The predicted molar refractivity (Wildman–Crippen MR) is 84.2 cm³/mol. The average molecular weight is 396 g/mol. The van der Waals surface area contributed by atoms with E-state index in [9.17, 15) is 26.9 Å². The molecule has 2 aromatic rings. The molecule has 0 heterocycles. The normalized spacial score (nSPS) is 11.3. The van der Waals surface area contributed by atoms with Crippen molar-refractivity contribution in [3.05, 3.63) is 63.7 Å². The van der Waals surface area contributed by atoms with Crippen LogP contribution in [0.3, 0.4) is 0 Å². The van der Waals surface area contributed by atoms with Gasteiger partial charge >= 0.3 is 0 Å². The fraction of sp³-hybridized carbons (Fsp3) is 0. The lowest BCUT2D eigenvalue weighted by atomic mass is 10.3. The minimum Gasteiger partial charge on any atom is -0.282 e. The standard InChI is InChI=1S/C6H5ClO3S.C6H5NO5S/c7-5-1-3-6(4-2-5)11(8,9)10;8-7(9)5-2-1-3-6(4-5)13(10,11)12/h1-4H,(H,8,9,10);1-4H,(H,10,11,12). The Morgan fingerprint density at radius 3 is 1.79 bits per heavy atom. The summed E-state index contributed by atoms with van der Waals surface area (Å²) >= 11 is 5.49. The van der Waals surface area contributed by atoms with Crippen molar-refractivity contribution in [2.75, 3.05) is 0 Å². The van der Waals surface area contributed by atoms with Crippen molar-refractivity contribution in [1.82, 2.24) is 0 Å². The Morgan fingerprint density at radius 2 is 1.38 bits per heavy atom. The number of halogens is 1. The van der Waals surface area contributed by atoms with Gasteiger partial charge in [-0.3, -0.25) is 19.2 Å². The number of hydrogen-bond acceptors (Lipinski definition) is 6. The summed E-state index contributed by atoms with van der Waals surface area (Å²) in [4.78, 5) is 8.83. The van der Waals surface area contributed by atoms with Gasteiger partial charge in [-0.1, -0.05) is 17.7 Å². The van der Waals surface area contributed by atoms with Gasteiger partial charge in [0.25, 0.3) is 25.9 Å². The van der Waals surface area contributed by atoms with E-state index < -0.39 is 30.1 Å². The molecule has 0 radical (unpaired) electrons. The Morgan fingerprint density at radius 1 is 0.875 bits per heavy atom. The van der Waals surface area contributed by atoms with E-state index in [-0.39, 0.29) is 10.6 Å². The number of hydrogen-bond donors (Lipinski definition) is 2. The number of non-ortho nitro benzene ring substituents is 1. The zero-order chi connectivity index (χ0) is 18.5. The van der Waals surface area contributed by atoms with E-state index in [0.29, 0.717) is 5.02 Å². The summed E-state index contributed by atoms with van der Waals surface area (Å²) in [5.41, 5.74) is -0.380. The third-order valence-corrected chi connectivity index (χ3v) is 4.41. The van der Waals surface area contributed by atoms with Gasteiger partial charge in [0.1, 0.15) is 4.90 Å². The number of nitrogens with zero attached hydrogens (tertiary/aromatic N) is 1. The smallest absolute Gasteiger partial charge is 0.282 e. The maximum Gasteiger partial charge on any atom is 0.294 e. The number of nitro benzene ring substituents is 1. The molecule has 0 spiro atoms. The molecule has 0 saturated heterocycles. The molecule has 0 unspecified atom stereocenters. The van der Waals surface area contributed by atoms with Crippen molar-refractivity contribution in [2.45, 2.75) is 9.79 Å². The van der Waals surface area contributed by atoms with Crippen LogP contribution in [-0.2, 0) is 20.2 Å². The molecule has 0 aromatic heterocycles. The van der Waals surface area contributed by atoms with Crippen molar-refractivity contribution in [3.63, 3.8) is 0 Å². The van der Waals surface area contributed by atoms with E-state index in [1.54, 1.807) is 0 Å². The van der Waals surface area contributed by atoms with Gasteiger partial charge in [0.05, 0.1) is 9.82 Å². The van der Waals surface area contributed by atoms with Crippen molar-refractivity contribution in [2.24, 2.45) is 0 Å².